The highest BCUT2D eigenvalue weighted by Crippen LogP contribution is 2.23. The summed E-state index contributed by atoms with van der Waals surface area (Å²) < 4.78 is 0. The van der Waals surface area contributed by atoms with Gasteiger partial charge in [-0.1, -0.05) is 12.1 Å². The smallest absolute Gasteiger partial charge is 0.272 e. The summed E-state index contributed by atoms with van der Waals surface area (Å²) >= 11 is 0. The van der Waals surface area contributed by atoms with Gasteiger partial charge in [-0.25, -0.2) is 0 Å². The third kappa shape index (κ3) is 3.54. The van der Waals surface area contributed by atoms with E-state index in [-0.39, 0.29) is 22.6 Å². The van der Waals surface area contributed by atoms with Crippen LogP contribution >= 0.6 is 0 Å². The zero-order valence-corrected chi connectivity index (χ0v) is 10.8. The van der Waals surface area contributed by atoms with Gasteiger partial charge < -0.3 is 5.32 Å². The Morgan fingerprint density at radius 2 is 2.17 bits per heavy atom. The molecule has 1 aromatic rings. The van der Waals surface area contributed by atoms with Crippen molar-refractivity contribution in [2.75, 3.05) is 6.54 Å². The fraction of sp³-hybridized carbons (Fsp3) is 0.462. The van der Waals surface area contributed by atoms with Crippen molar-refractivity contribution in [2.24, 2.45) is 5.92 Å². The first-order valence-corrected chi connectivity index (χ1v) is 5.83. The summed E-state index contributed by atoms with van der Waals surface area (Å²) in [5.41, 5.74) is 1.65. The first kappa shape index (κ1) is 14.1. The minimum atomic E-state index is -0.372. The molecule has 1 rings (SSSR count). The van der Waals surface area contributed by atoms with Crippen molar-refractivity contribution >= 4 is 5.69 Å². The van der Waals surface area contributed by atoms with E-state index in [1.54, 1.807) is 19.1 Å². The first-order chi connectivity index (χ1) is 8.45. The van der Waals surface area contributed by atoms with Crippen molar-refractivity contribution in [1.29, 1.82) is 5.26 Å². The van der Waals surface area contributed by atoms with Crippen LogP contribution in [-0.4, -0.2) is 11.5 Å². The van der Waals surface area contributed by atoms with Crippen LogP contribution in [0.5, 0.6) is 0 Å². The topological polar surface area (TPSA) is 79.0 Å². The molecule has 0 saturated carbocycles. The van der Waals surface area contributed by atoms with Gasteiger partial charge in [-0.15, -0.1) is 0 Å². The summed E-state index contributed by atoms with van der Waals surface area (Å²) in [5, 5.41) is 22.7. The van der Waals surface area contributed by atoms with Crippen molar-refractivity contribution < 1.29 is 4.92 Å². The van der Waals surface area contributed by atoms with Gasteiger partial charge in [0.05, 0.1) is 16.9 Å². The number of nitro benzene ring substituents is 1. The van der Waals surface area contributed by atoms with Crippen molar-refractivity contribution in [1.82, 2.24) is 5.32 Å². The predicted octanol–water partition coefficient (Wildman–Crippen LogP) is 2.71. The van der Waals surface area contributed by atoms with E-state index < -0.39 is 0 Å². The van der Waals surface area contributed by atoms with E-state index in [2.05, 4.69) is 11.4 Å². The number of hydrogen-bond acceptors (Lipinski definition) is 4. The van der Waals surface area contributed by atoms with Crippen LogP contribution in [-0.2, 0) is 0 Å². The Hall–Kier alpha value is -1.93. The van der Waals surface area contributed by atoms with E-state index in [1.807, 2.05) is 19.9 Å². The molecule has 0 aliphatic heterocycles. The minimum Gasteiger partial charge on any atom is -0.309 e. The second kappa shape index (κ2) is 6.12. The van der Waals surface area contributed by atoms with Gasteiger partial charge in [0.2, 0.25) is 0 Å². The molecule has 0 bridgehead atoms. The summed E-state index contributed by atoms with van der Waals surface area (Å²) in [6.45, 7) is 6.05. The molecule has 96 valence electrons. The lowest BCUT2D eigenvalue weighted by Gasteiger charge is -2.15. The molecule has 0 radical (unpaired) electrons. The summed E-state index contributed by atoms with van der Waals surface area (Å²) in [7, 11) is 0. The zero-order valence-electron chi connectivity index (χ0n) is 10.8. The third-order valence-corrected chi connectivity index (χ3v) is 2.88. The van der Waals surface area contributed by atoms with Crippen LogP contribution in [0.1, 0.15) is 31.0 Å². The molecule has 0 amide bonds. The number of rotatable bonds is 5. The van der Waals surface area contributed by atoms with Gasteiger partial charge in [0, 0.05) is 24.2 Å². The molecule has 0 saturated heterocycles. The second-order valence-electron chi connectivity index (χ2n) is 4.46. The van der Waals surface area contributed by atoms with E-state index in [9.17, 15) is 10.1 Å². The molecule has 1 N–H and O–H groups in total. The highest BCUT2D eigenvalue weighted by Gasteiger charge is 2.14. The summed E-state index contributed by atoms with van der Waals surface area (Å²) in [5.74, 6) is -0.0760. The lowest BCUT2D eigenvalue weighted by atomic mass is 10.0. The van der Waals surface area contributed by atoms with Crippen LogP contribution in [0.3, 0.4) is 0 Å². The Morgan fingerprint density at radius 3 is 2.72 bits per heavy atom. The standard InChI is InChI=1S/C13H17N3O2/c1-9(7-14)8-15-11(3)12-5-4-10(2)13(6-12)16(17)18/h4-6,9,11,15H,8H2,1-3H3. The van der Waals surface area contributed by atoms with Crippen LogP contribution in [0, 0.1) is 34.3 Å². The molecule has 0 aromatic heterocycles. The molecule has 18 heavy (non-hydrogen) atoms. The number of nitrogens with one attached hydrogen (secondary N) is 1. The number of nitro groups is 1. The highest BCUT2D eigenvalue weighted by atomic mass is 16.6. The Kier molecular flexibility index (Phi) is 4.81. The van der Waals surface area contributed by atoms with E-state index >= 15 is 0 Å². The van der Waals surface area contributed by atoms with Crippen molar-refractivity contribution in [2.45, 2.75) is 26.8 Å². The van der Waals surface area contributed by atoms with Crippen LogP contribution in [0.4, 0.5) is 5.69 Å². The van der Waals surface area contributed by atoms with E-state index in [0.717, 1.165) is 5.56 Å². The third-order valence-electron chi connectivity index (χ3n) is 2.88. The summed E-state index contributed by atoms with van der Waals surface area (Å²) in [4.78, 5) is 10.5. The van der Waals surface area contributed by atoms with Gasteiger partial charge in [0.25, 0.3) is 5.69 Å². The summed E-state index contributed by atoms with van der Waals surface area (Å²) in [6.07, 6.45) is 0. The number of hydrogen-bond donors (Lipinski definition) is 1. The second-order valence-corrected chi connectivity index (χ2v) is 4.46. The molecule has 0 heterocycles. The predicted molar refractivity (Wildman–Crippen MR) is 69.0 cm³/mol. The van der Waals surface area contributed by atoms with Gasteiger partial charge in [-0.3, -0.25) is 10.1 Å². The van der Waals surface area contributed by atoms with Gasteiger partial charge in [0.1, 0.15) is 0 Å². The quantitative estimate of drug-likeness (QED) is 0.641. The molecule has 2 unspecified atom stereocenters. The van der Waals surface area contributed by atoms with Crippen molar-refractivity contribution in [3.63, 3.8) is 0 Å². The normalized spacial score (nSPS) is 13.7. The Morgan fingerprint density at radius 1 is 1.50 bits per heavy atom. The largest absolute Gasteiger partial charge is 0.309 e. The lowest BCUT2D eigenvalue weighted by Crippen LogP contribution is -2.23. The maximum atomic E-state index is 10.9. The van der Waals surface area contributed by atoms with Crippen LogP contribution in [0.15, 0.2) is 18.2 Å². The van der Waals surface area contributed by atoms with E-state index in [1.165, 1.54) is 0 Å². The Bertz CT molecular complexity index is 480. The van der Waals surface area contributed by atoms with Crippen LogP contribution < -0.4 is 5.32 Å². The molecule has 5 nitrogen and oxygen atoms in total. The van der Waals surface area contributed by atoms with E-state index in [4.69, 9.17) is 5.26 Å². The monoisotopic (exact) mass is 247 g/mol. The van der Waals surface area contributed by atoms with Gasteiger partial charge >= 0.3 is 0 Å². The molecule has 1 aromatic carbocycles. The van der Waals surface area contributed by atoms with Gasteiger partial charge in [-0.05, 0) is 26.3 Å². The van der Waals surface area contributed by atoms with E-state index in [0.29, 0.717) is 12.1 Å². The fourth-order valence-corrected chi connectivity index (χ4v) is 1.61. The van der Waals surface area contributed by atoms with Crippen LogP contribution in [0.25, 0.3) is 0 Å². The molecule has 0 aliphatic rings. The maximum Gasteiger partial charge on any atom is 0.272 e. The van der Waals surface area contributed by atoms with Gasteiger partial charge in [-0.2, -0.15) is 5.26 Å². The van der Waals surface area contributed by atoms with Crippen molar-refractivity contribution in [3.05, 3.63) is 39.4 Å². The number of aryl methyl sites for hydroxylation is 1. The average molecular weight is 247 g/mol. The molecule has 5 heteroatoms. The fourth-order valence-electron chi connectivity index (χ4n) is 1.61. The first-order valence-electron chi connectivity index (χ1n) is 5.83. The average Bonchev–Trinajstić information content (AvgIpc) is 2.35. The molecule has 2 atom stereocenters. The maximum absolute atomic E-state index is 10.9. The summed E-state index contributed by atoms with van der Waals surface area (Å²) in [6, 6.07) is 7.33. The van der Waals surface area contributed by atoms with Gasteiger partial charge in [0.15, 0.2) is 0 Å². The Balaban J connectivity index is 2.81. The number of nitriles is 1. The molecular weight excluding hydrogens is 230 g/mol. The molecule has 0 aliphatic carbocycles. The molecule has 0 spiro atoms. The minimum absolute atomic E-state index is 0.0138. The molecular formula is C13H17N3O2. The Labute approximate surface area is 107 Å². The molecule has 0 fully saturated rings. The highest BCUT2D eigenvalue weighted by molar-refractivity contribution is 5.43. The number of benzene rings is 1. The number of nitrogens with zero attached hydrogens (tertiary/aromatic N) is 2. The SMILES string of the molecule is Cc1ccc(C(C)NCC(C)C#N)cc1[N+](=O)[O-]. The van der Waals surface area contributed by atoms with Crippen molar-refractivity contribution in [3.8, 4) is 6.07 Å². The zero-order chi connectivity index (χ0) is 13.7. The van der Waals surface area contributed by atoms with Crippen LogP contribution in [0.2, 0.25) is 0 Å². The lowest BCUT2D eigenvalue weighted by molar-refractivity contribution is -0.385.